The summed E-state index contributed by atoms with van der Waals surface area (Å²) in [6, 6.07) is 6.52. The highest BCUT2D eigenvalue weighted by atomic mass is 19.1. The smallest absolute Gasteiger partial charge is 0.225 e. The Bertz CT molecular complexity index is 395. The summed E-state index contributed by atoms with van der Waals surface area (Å²) in [5, 5.41) is 0. The molecular weight excluding hydrogens is 231 g/mol. The fourth-order valence-electron chi connectivity index (χ4n) is 1.88. The highest BCUT2D eigenvalue weighted by Crippen LogP contribution is 2.13. The quantitative estimate of drug-likeness (QED) is 0.843. The van der Waals surface area contributed by atoms with Gasteiger partial charge >= 0.3 is 0 Å². The molecule has 0 saturated heterocycles. The molecule has 0 radical (unpaired) electrons. The molecule has 0 bridgehead atoms. The molecule has 0 aliphatic rings. The summed E-state index contributed by atoms with van der Waals surface area (Å²) in [4.78, 5) is 13.6. The SMILES string of the molecule is CC(CCCN)C(=O)N(C)Cc1ccccc1F. The summed E-state index contributed by atoms with van der Waals surface area (Å²) in [6.45, 7) is 2.78. The van der Waals surface area contributed by atoms with Crippen molar-refractivity contribution in [3.63, 3.8) is 0 Å². The molecule has 0 aliphatic heterocycles. The minimum atomic E-state index is -0.272. The maximum atomic E-state index is 13.5. The second-order valence-corrected chi connectivity index (χ2v) is 4.62. The van der Waals surface area contributed by atoms with Crippen LogP contribution in [0.15, 0.2) is 24.3 Å². The van der Waals surface area contributed by atoms with Crippen LogP contribution in [0.25, 0.3) is 0 Å². The van der Waals surface area contributed by atoms with Gasteiger partial charge in [-0.1, -0.05) is 25.1 Å². The summed E-state index contributed by atoms with van der Waals surface area (Å²) in [7, 11) is 1.70. The Morgan fingerprint density at radius 3 is 2.72 bits per heavy atom. The van der Waals surface area contributed by atoms with Crippen LogP contribution in [-0.2, 0) is 11.3 Å². The van der Waals surface area contributed by atoms with Crippen LogP contribution in [0.3, 0.4) is 0 Å². The summed E-state index contributed by atoms with van der Waals surface area (Å²) in [5.41, 5.74) is 5.96. The van der Waals surface area contributed by atoms with E-state index in [0.29, 0.717) is 18.7 Å². The molecule has 1 unspecified atom stereocenters. The predicted octanol–water partition coefficient (Wildman–Crippen LogP) is 2.16. The molecule has 18 heavy (non-hydrogen) atoms. The van der Waals surface area contributed by atoms with Gasteiger partial charge in [-0.15, -0.1) is 0 Å². The largest absolute Gasteiger partial charge is 0.341 e. The van der Waals surface area contributed by atoms with E-state index in [9.17, 15) is 9.18 Å². The second-order valence-electron chi connectivity index (χ2n) is 4.62. The van der Waals surface area contributed by atoms with Gasteiger partial charge in [0.2, 0.25) is 5.91 Å². The third kappa shape index (κ3) is 4.11. The molecule has 1 amide bonds. The second kappa shape index (κ2) is 7.11. The lowest BCUT2D eigenvalue weighted by Crippen LogP contribution is -2.31. The van der Waals surface area contributed by atoms with Crippen molar-refractivity contribution in [3.05, 3.63) is 35.6 Å². The molecule has 0 fully saturated rings. The zero-order valence-electron chi connectivity index (χ0n) is 11.0. The van der Waals surface area contributed by atoms with Gasteiger partial charge in [-0.3, -0.25) is 4.79 Å². The van der Waals surface area contributed by atoms with Crippen molar-refractivity contribution < 1.29 is 9.18 Å². The van der Waals surface area contributed by atoms with E-state index in [1.165, 1.54) is 6.07 Å². The molecule has 4 heteroatoms. The minimum Gasteiger partial charge on any atom is -0.341 e. The maximum Gasteiger partial charge on any atom is 0.225 e. The minimum absolute atomic E-state index is 0.0340. The standard InChI is InChI=1S/C14H21FN2O/c1-11(6-5-9-16)14(18)17(2)10-12-7-3-4-8-13(12)15/h3-4,7-8,11H,5-6,9-10,16H2,1-2H3. The third-order valence-electron chi connectivity index (χ3n) is 3.00. The van der Waals surface area contributed by atoms with E-state index in [4.69, 9.17) is 5.73 Å². The van der Waals surface area contributed by atoms with E-state index in [1.807, 2.05) is 6.92 Å². The predicted molar refractivity (Wildman–Crippen MR) is 70.3 cm³/mol. The Hall–Kier alpha value is -1.42. The van der Waals surface area contributed by atoms with Crippen LogP contribution in [0, 0.1) is 11.7 Å². The van der Waals surface area contributed by atoms with Gasteiger partial charge in [0.05, 0.1) is 0 Å². The lowest BCUT2D eigenvalue weighted by Gasteiger charge is -2.21. The Labute approximate surface area is 108 Å². The first kappa shape index (κ1) is 14.6. The zero-order chi connectivity index (χ0) is 13.5. The fraction of sp³-hybridized carbons (Fsp3) is 0.500. The first-order valence-electron chi connectivity index (χ1n) is 6.24. The number of benzene rings is 1. The van der Waals surface area contributed by atoms with Crippen LogP contribution in [0.4, 0.5) is 4.39 Å². The number of nitrogens with zero attached hydrogens (tertiary/aromatic N) is 1. The van der Waals surface area contributed by atoms with Gasteiger partial charge in [0, 0.05) is 25.1 Å². The third-order valence-corrected chi connectivity index (χ3v) is 3.00. The Morgan fingerprint density at radius 1 is 1.44 bits per heavy atom. The van der Waals surface area contributed by atoms with E-state index in [-0.39, 0.29) is 17.6 Å². The van der Waals surface area contributed by atoms with E-state index >= 15 is 0 Å². The van der Waals surface area contributed by atoms with Crippen molar-refractivity contribution in [1.29, 1.82) is 0 Å². The van der Waals surface area contributed by atoms with Crippen molar-refractivity contribution in [2.24, 2.45) is 11.7 Å². The molecule has 3 nitrogen and oxygen atoms in total. The number of hydrogen-bond acceptors (Lipinski definition) is 2. The van der Waals surface area contributed by atoms with Crippen molar-refractivity contribution in [3.8, 4) is 0 Å². The Morgan fingerprint density at radius 2 is 2.11 bits per heavy atom. The molecule has 0 aromatic heterocycles. The van der Waals surface area contributed by atoms with Gasteiger partial charge in [0.25, 0.3) is 0 Å². The van der Waals surface area contributed by atoms with Crippen molar-refractivity contribution in [1.82, 2.24) is 4.90 Å². The van der Waals surface area contributed by atoms with Crippen LogP contribution in [0.5, 0.6) is 0 Å². The molecule has 1 aromatic rings. The number of amides is 1. The molecule has 1 rings (SSSR count). The van der Waals surface area contributed by atoms with Gasteiger partial charge in [-0.2, -0.15) is 0 Å². The average Bonchev–Trinajstić information content (AvgIpc) is 2.37. The molecule has 1 atom stereocenters. The number of hydrogen-bond donors (Lipinski definition) is 1. The number of carbonyl (C=O) groups excluding carboxylic acids is 1. The van der Waals surface area contributed by atoms with Crippen LogP contribution in [0.1, 0.15) is 25.3 Å². The van der Waals surface area contributed by atoms with Crippen LogP contribution < -0.4 is 5.73 Å². The summed E-state index contributed by atoms with van der Waals surface area (Å²) in [6.07, 6.45) is 1.61. The summed E-state index contributed by atoms with van der Waals surface area (Å²) >= 11 is 0. The topological polar surface area (TPSA) is 46.3 Å². The highest BCUT2D eigenvalue weighted by molar-refractivity contribution is 5.78. The molecule has 0 aliphatic carbocycles. The Kier molecular flexibility index (Phi) is 5.78. The molecule has 100 valence electrons. The van der Waals surface area contributed by atoms with Crippen LogP contribution >= 0.6 is 0 Å². The fourth-order valence-corrected chi connectivity index (χ4v) is 1.88. The molecule has 0 spiro atoms. The van der Waals surface area contributed by atoms with E-state index in [2.05, 4.69) is 0 Å². The lowest BCUT2D eigenvalue weighted by atomic mass is 10.0. The summed E-state index contributed by atoms with van der Waals surface area (Å²) in [5.74, 6) is -0.302. The van der Waals surface area contributed by atoms with Crippen LogP contribution in [0.2, 0.25) is 0 Å². The number of rotatable bonds is 6. The van der Waals surface area contributed by atoms with Gasteiger partial charge in [-0.05, 0) is 25.5 Å². The summed E-state index contributed by atoms with van der Waals surface area (Å²) < 4.78 is 13.5. The average molecular weight is 252 g/mol. The molecule has 0 heterocycles. The van der Waals surface area contributed by atoms with E-state index in [1.54, 1.807) is 30.1 Å². The van der Waals surface area contributed by atoms with Crippen LogP contribution in [-0.4, -0.2) is 24.4 Å². The first-order chi connectivity index (χ1) is 8.56. The molecule has 1 aromatic carbocycles. The highest BCUT2D eigenvalue weighted by Gasteiger charge is 2.17. The molecule has 0 saturated carbocycles. The van der Waals surface area contributed by atoms with E-state index in [0.717, 1.165) is 12.8 Å². The van der Waals surface area contributed by atoms with Gasteiger partial charge in [-0.25, -0.2) is 4.39 Å². The molecular formula is C14H21FN2O. The Balaban J connectivity index is 2.57. The lowest BCUT2D eigenvalue weighted by molar-refractivity contribution is -0.134. The first-order valence-corrected chi connectivity index (χ1v) is 6.24. The molecule has 2 N–H and O–H groups in total. The number of carbonyl (C=O) groups is 1. The van der Waals surface area contributed by atoms with Crippen molar-refractivity contribution >= 4 is 5.91 Å². The number of nitrogens with two attached hydrogens (primary N) is 1. The monoisotopic (exact) mass is 252 g/mol. The van der Waals surface area contributed by atoms with Gasteiger partial charge in [0.1, 0.15) is 5.82 Å². The number of halogens is 1. The van der Waals surface area contributed by atoms with Crippen molar-refractivity contribution in [2.75, 3.05) is 13.6 Å². The van der Waals surface area contributed by atoms with Crippen molar-refractivity contribution in [2.45, 2.75) is 26.3 Å². The maximum absolute atomic E-state index is 13.5. The van der Waals surface area contributed by atoms with Gasteiger partial charge < -0.3 is 10.6 Å². The van der Waals surface area contributed by atoms with E-state index < -0.39 is 0 Å². The van der Waals surface area contributed by atoms with Gasteiger partial charge in [0.15, 0.2) is 0 Å². The zero-order valence-corrected chi connectivity index (χ0v) is 11.0. The normalized spacial score (nSPS) is 12.2.